The highest BCUT2D eigenvalue weighted by atomic mass is 35.5. The molecule has 0 aliphatic heterocycles. The average molecular weight is 453 g/mol. The summed E-state index contributed by atoms with van der Waals surface area (Å²) in [5, 5.41) is 0.674. The molecule has 0 unspecified atom stereocenters. The maximum atomic E-state index is 13.0. The third kappa shape index (κ3) is 4.65. The average Bonchev–Trinajstić information content (AvgIpc) is 3.23. The van der Waals surface area contributed by atoms with Crippen LogP contribution in [0.4, 0.5) is 5.69 Å². The van der Waals surface area contributed by atoms with Crippen molar-refractivity contribution in [3.8, 4) is 22.5 Å². The van der Waals surface area contributed by atoms with E-state index in [-0.39, 0.29) is 5.56 Å². The van der Waals surface area contributed by atoms with Crippen LogP contribution in [-0.2, 0) is 6.54 Å². The van der Waals surface area contributed by atoms with Gasteiger partial charge in [0.1, 0.15) is 0 Å². The van der Waals surface area contributed by atoms with Crippen molar-refractivity contribution >= 4 is 35.0 Å². The number of nitrogens with one attached hydrogen (secondary N) is 1. The number of fused-ring (bicyclic) bond motifs is 1. The van der Waals surface area contributed by atoms with Crippen LogP contribution in [0.2, 0.25) is 5.02 Å². The fourth-order valence-corrected chi connectivity index (χ4v) is 4.16. The summed E-state index contributed by atoms with van der Waals surface area (Å²) in [4.78, 5) is 17.8. The topological polar surface area (TPSA) is 51.3 Å². The van der Waals surface area contributed by atoms with Crippen molar-refractivity contribution in [3.63, 3.8) is 0 Å². The Kier molecular flexibility index (Phi) is 6.68. The lowest BCUT2D eigenvalue weighted by atomic mass is 10.1. The summed E-state index contributed by atoms with van der Waals surface area (Å²) in [6.07, 6.45) is 7.08. The first-order chi connectivity index (χ1) is 15.1. The highest BCUT2D eigenvalue weighted by Gasteiger charge is 2.15. The van der Waals surface area contributed by atoms with Crippen molar-refractivity contribution in [3.05, 3.63) is 76.2 Å². The highest BCUT2D eigenvalue weighted by Crippen LogP contribution is 2.26. The van der Waals surface area contributed by atoms with Gasteiger partial charge in [-0.05, 0) is 36.2 Å². The minimum atomic E-state index is -0.0872. The number of imidazole rings is 1. The summed E-state index contributed by atoms with van der Waals surface area (Å²) in [7, 11) is 0. The van der Waals surface area contributed by atoms with Crippen molar-refractivity contribution in [2.75, 3.05) is 11.0 Å². The molecule has 0 spiro atoms. The Morgan fingerprint density at radius 2 is 1.74 bits per heavy atom. The van der Waals surface area contributed by atoms with E-state index in [0.717, 1.165) is 54.0 Å². The Labute approximate surface area is 191 Å². The summed E-state index contributed by atoms with van der Waals surface area (Å²) in [5.41, 5.74) is 4.52. The first kappa shape index (κ1) is 21.5. The molecule has 0 bridgehead atoms. The van der Waals surface area contributed by atoms with E-state index < -0.39 is 0 Å². The molecule has 0 aliphatic carbocycles. The Hall–Kier alpha value is -2.70. The van der Waals surface area contributed by atoms with Gasteiger partial charge in [-0.2, -0.15) is 0 Å². The zero-order valence-corrected chi connectivity index (χ0v) is 19.2. The molecule has 2 heterocycles. The van der Waals surface area contributed by atoms with E-state index in [1.807, 2.05) is 61.0 Å². The molecule has 4 rings (SSSR count). The third-order valence-corrected chi connectivity index (χ3v) is 5.93. The summed E-state index contributed by atoms with van der Waals surface area (Å²) in [5.74, 6) is 0.662. The van der Waals surface area contributed by atoms with Gasteiger partial charge in [0.2, 0.25) is 5.78 Å². The molecule has 0 radical (unpaired) electrons. The fourth-order valence-electron chi connectivity index (χ4n) is 3.66. The molecule has 0 fully saturated rings. The van der Waals surface area contributed by atoms with Gasteiger partial charge in [-0.15, -0.1) is 0 Å². The van der Waals surface area contributed by atoms with Crippen molar-refractivity contribution in [2.45, 2.75) is 32.7 Å². The maximum absolute atomic E-state index is 13.0. The summed E-state index contributed by atoms with van der Waals surface area (Å²) >= 11 is 7.59. The summed E-state index contributed by atoms with van der Waals surface area (Å²) in [6.45, 7) is 2.99. The number of benzene rings is 2. The first-order valence-electron chi connectivity index (χ1n) is 10.4. The number of aryl methyl sites for hydroxylation is 1. The Bertz CT molecular complexity index is 1230. The lowest BCUT2D eigenvalue weighted by Gasteiger charge is -2.15. The largest absolute Gasteiger partial charge is 0.330 e. The number of anilines is 1. The van der Waals surface area contributed by atoms with Gasteiger partial charge in [0.15, 0.2) is 0 Å². The van der Waals surface area contributed by atoms with E-state index >= 15 is 0 Å². The molecule has 0 saturated carbocycles. The van der Waals surface area contributed by atoms with Gasteiger partial charge in [-0.3, -0.25) is 9.20 Å². The molecule has 0 atom stereocenters. The van der Waals surface area contributed by atoms with Gasteiger partial charge in [0.25, 0.3) is 5.56 Å². The van der Waals surface area contributed by atoms with Crippen LogP contribution in [0.1, 0.15) is 26.2 Å². The second-order valence-corrected chi connectivity index (χ2v) is 8.46. The van der Waals surface area contributed by atoms with Crippen LogP contribution >= 0.6 is 23.5 Å². The van der Waals surface area contributed by atoms with Crippen LogP contribution in [-0.4, -0.2) is 20.2 Å². The molecule has 0 amide bonds. The van der Waals surface area contributed by atoms with Crippen molar-refractivity contribution < 1.29 is 0 Å². The van der Waals surface area contributed by atoms with Gasteiger partial charge < -0.3 is 9.29 Å². The van der Waals surface area contributed by atoms with Crippen LogP contribution in [0.15, 0.2) is 65.6 Å². The zero-order valence-electron chi connectivity index (χ0n) is 17.6. The number of hydrogen-bond donors (Lipinski definition) is 1. The van der Waals surface area contributed by atoms with Crippen LogP contribution in [0, 0.1) is 0 Å². The third-order valence-electron chi connectivity index (χ3n) is 5.24. The normalized spacial score (nSPS) is 11.2. The van der Waals surface area contributed by atoms with E-state index in [0.29, 0.717) is 10.8 Å². The van der Waals surface area contributed by atoms with Crippen molar-refractivity contribution in [1.82, 2.24) is 14.0 Å². The smallest absolute Gasteiger partial charge is 0.259 e. The van der Waals surface area contributed by atoms with E-state index in [1.54, 1.807) is 22.4 Å². The zero-order chi connectivity index (χ0) is 21.8. The van der Waals surface area contributed by atoms with Crippen LogP contribution < -0.4 is 10.3 Å². The molecule has 31 heavy (non-hydrogen) atoms. The standard InChI is InChI=1S/C24H25ClN4OS/c1-3-4-5-14-28-22(18-8-12-20(13-9-18)27-31-2)15-23(30)29-16-21(26-24(28)29)17-6-10-19(25)11-7-17/h6-13,15-16,27H,3-5,14H2,1-2H3. The van der Waals surface area contributed by atoms with Crippen LogP contribution in [0.25, 0.3) is 28.3 Å². The van der Waals surface area contributed by atoms with E-state index in [9.17, 15) is 4.79 Å². The molecule has 2 aromatic heterocycles. The quantitative estimate of drug-likeness (QED) is 0.249. The predicted octanol–water partition coefficient (Wildman–Crippen LogP) is 6.36. The van der Waals surface area contributed by atoms with Gasteiger partial charge in [-0.25, -0.2) is 4.98 Å². The maximum Gasteiger partial charge on any atom is 0.259 e. The monoisotopic (exact) mass is 452 g/mol. The van der Waals surface area contributed by atoms with Gasteiger partial charge in [0.05, 0.1) is 11.4 Å². The lowest BCUT2D eigenvalue weighted by molar-refractivity contribution is 0.606. The minimum Gasteiger partial charge on any atom is -0.330 e. The molecule has 1 N–H and O–H groups in total. The molecular weight excluding hydrogens is 428 g/mol. The summed E-state index contributed by atoms with van der Waals surface area (Å²) < 4.78 is 7.03. The van der Waals surface area contributed by atoms with Crippen molar-refractivity contribution in [2.24, 2.45) is 0 Å². The fraction of sp³-hybridized carbons (Fsp3) is 0.250. The Morgan fingerprint density at radius 3 is 2.42 bits per heavy atom. The first-order valence-corrected chi connectivity index (χ1v) is 12.0. The molecule has 160 valence electrons. The van der Waals surface area contributed by atoms with Crippen LogP contribution in [0.5, 0.6) is 0 Å². The summed E-state index contributed by atoms with van der Waals surface area (Å²) in [6, 6.07) is 17.4. The number of nitrogens with zero attached hydrogens (tertiary/aromatic N) is 3. The predicted molar refractivity (Wildman–Crippen MR) is 132 cm³/mol. The number of unbranched alkanes of at least 4 members (excludes halogenated alkanes) is 2. The SMILES string of the molecule is CCCCCn1c(-c2ccc(NSC)cc2)cc(=O)n2cc(-c3ccc(Cl)cc3)nc12. The number of hydrogen-bond acceptors (Lipinski definition) is 4. The second-order valence-electron chi connectivity index (χ2n) is 7.41. The Morgan fingerprint density at radius 1 is 1.03 bits per heavy atom. The second kappa shape index (κ2) is 9.62. The van der Waals surface area contributed by atoms with E-state index in [4.69, 9.17) is 16.6 Å². The van der Waals surface area contributed by atoms with Crippen molar-refractivity contribution in [1.29, 1.82) is 0 Å². The molecule has 0 saturated heterocycles. The van der Waals surface area contributed by atoms with Gasteiger partial charge in [0, 0.05) is 41.3 Å². The van der Waals surface area contributed by atoms with Gasteiger partial charge in [-0.1, -0.05) is 67.6 Å². The molecule has 2 aromatic carbocycles. The number of halogens is 1. The lowest BCUT2D eigenvalue weighted by Crippen LogP contribution is -2.18. The molecule has 4 aromatic rings. The molecule has 5 nitrogen and oxygen atoms in total. The minimum absolute atomic E-state index is 0.0872. The highest BCUT2D eigenvalue weighted by molar-refractivity contribution is 7.99. The number of rotatable bonds is 8. The molecule has 0 aliphatic rings. The van der Waals surface area contributed by atoms with E-state index in [1.165, 1.54) is 0 Å². The molecule has 7 heteroatoms. The number of aromatic nitrogens is 3. The molecular formula is C24H25ClN4OS. The van der Waals surface area contributed by atoms with Crippen LogP contribution in [0.3, 0.4) is 0 Å². The van der Waals surface area contributed by atoms with E-state index in [2.05, 4.69) is 16.2 Å². The Balaban J connectivity index is 1.85. The van der Waals surface area contributed by atoms with Gasteiger partial charge >= 0.3 is 0 Å².